The van der Waals surface area contributed by atoms with E-state index < -0.39 is 23.9 Å². The van der Waals surface area contributed by atoms with Gasteiger partial charge in [0.1, 0.15) is 11.1 Å². The second-order valence-electron chi connectivity index (χ2n) is 5.65. The number of ether oxygens (including phenoxy) is 1. The van der Waals surface area contributed by atoms with E-state index in [9.17, 15) is 18.0 Å². The highest BCUT2D eigenvalue weighted by Crippen LogP contribution is 2.32. The largest absolute Gasteiger partial charge is 0.476 e. The number of thiazole rings is 1. The maximum Gasteiger partial charge on any atom is 0.435 e. The van der Waals surface area contributed by atoms with E-state index >= 15 is 0 Å². The van der Waals surface area contributed by atoms with Crippen LogP contribution in [0.3, 0.4) is 0 Å². The molecule has 1 atom stereocenters. The van der Waals surface area contributed by atoms with Crippen molar-refractivity contribution >= 4 is 17.3 Å². The molecular weight excluding hydrogens is 361 g/mol. The number of carbonyl (C=O) groups is 1. The summed E-state index contributed by atoms with van der Waals surface area (Å²) in [7, 11) is 1.45. The number of aromatic carboxylic acids is 1. The number of halogens is 3. The highest BCUT2D eigenvalue weighted by molar-refractivity contribution is 7.09. The zero-order valence-corrected chi connectivity index (χ0v) is 14.0. The van der Waals surface area contributed by atoms with Gasteiger partial charge in [-0.3, -0.25) is 9.58 Å². The Hall–Kier alpha value is -1.98. The summed E-state index contributed by atoms with van der Waals surface area (Å²) in [5.41, 5.74) is -0.853. The van der Waals surface area contributed by atoms with Crippen molar-refractivity contribution in [3.8, 4) is 0 Å². The molecule has 2 aromatic heterocycles. The Kier molecular flexibility index (Phi) is 4.80. The molecule has 2 aromatic rings. The van der Waals surface area contributed by atoms with Crippen molar-refractivity contribution in [1.82, 2.24) is 19.7 Å². The minimum atomic E-state index is -4.51. The van der Waals surface area contributed by atoms with Crippen molar-refractivity contribution in [3.05, 3.63) is 33.5 Å². The first-order chi connectivity index (χ1) is 11.7. The molecule has 0 bridgehead atoms. The lowest BCUT2D eigenvalue weighted by molar-refractivity contribution is -0.142. The molecule has 1 N–H and O–H groups in total. The highest BCUT2D eigenvalue weighted by atomic mass is 32.1. The van der Waals surface area contributed by atoms with Crippen LogP contribution in [-0.2, 0) is 24.5 Å². The standard InChI is InChI=1S/C14H15F3N4O3S/c1-20-4-8(11(19-20)14(15,16)17)5-21-2-3-24-10(6-21)12-18-9(7-25-12)13(22)23/h4,7,10H,2-3,5-6H2,1H3,(H,22,23). The van der Waals surface area contributed by atoms with Gasteiger partial charge in [0.05, 0.1) is 6.61 Å². The third kappa shape index (κ3) is 3.99. The van der Waals surface area contributed by atoms with Crippen LogP contribution in [0.15, 0.2) is 11.6 Å². The van der Waals surface area contributed by atoms with Gasteiger partial charge in [0.25, 0.3) is 0 Å². The van der Waals surface area contributed by atoms with Crippen molar-refractivity contribution in [1.29, 1.82) is 0 Å². The molecule has 136 valence electrons. The first-order valence-electron chi connectivity index (χ1n) is 7.36. The molecule has 0 aromatic carbocycles. The van der Waals surface area contributed by atoms with Crippen molar-refractivity contribution < 1.29 is 27.8 Å². The molecule has 1 saturated heterocycles. The Morgan fingerprint density at radius 1 is 1.52 bits per heavy atom. The van der Waals surface area contributed by atoms with E-state index in [4.69, 9.17) is 9.84 Å². The molecule has 1 fully saturated rings. The minimum absolute atomic E-state index is 0.0626. The van der Waals surface area contributed by atoms with Gasteiger partial charge in [-0.2, -0.15) is 18.3 Å². The van der Waals surface area contributed by atoms with Crippen LogP contribution in [0.4, 0.5) is 13.2 Å². The average molecular weight is 376 g/mol. The number of hydrogen-bond acceptors (Lipinski definition) is 6. The third-order valence-electron chi connectivity index (χ3n) is 3.73. The summed E-state index contributed by atoms with van der Waals surface area (Å²) in [5.74, 6) is -1.12. The summed E-state index contributed by atoms with van der Waals surface area (Å²) < 4.78 is 45.9. The fraction of sp³-hybridized carbons (Fsp3) is 0.500. The predicted octanol–water partition coefficient (Wildman–Crippen LogP) is 2.17. The molecule has 1 unspecified atom stereocenters. The van der Waals surface area contributed by atoms with Crippen LogP contribution < -0.4 is 0 Å². The zero-order chi connectivity index (χ0) is 18.2. The first kappa shape index (κ1) is 17.8. The molecular formula is C14H15F3N4O3S. The van der Waals surface area contributed by atoms with Crippen molar-refractivity contribution in [2.75, 3.05) is 19.7 Å². The monoisotopic (exact) mass is 376 g/mol. The fourth-order valence-corrected chi connectivity index (χ4v) is 3.49. The summed E-state index contributed by atoms with van der Waals surface area (Å²) >= 11 is 1.16. The van der Waals surface area contributed by atoms with Crippen molar-refractivity contribution in [2.45, 2.75) is 18.8 Å². The lowest BCUT2D eigenvalue weighted by Crippen LogP contribution is -2.38. The van der Waals surface area contributed by atoms with Gasteiger partial charge < -0.3 is 9.84 Å². The number of nitrogens with zero attached hydrogens (tertiary/aromatic N) is 4. The topological polar surface area (TPSA) is 80.5 Å². The van der Waals surface area contributed by atoms with Crippen LogP contribution in [0.1, 0.15) is 32.9 Å². The van der Waals surface area contributed by atoms with Crippen LogP contribution in [0, 0.1) is 0 Å². The first-order valence-corrected chi connectivity index (χ1v) is 8.24. The second-order valence-corrected chi connectivity index (χ2v) is 6.53. The van der Waals surface area contributed by atoms with Gasteiger partial charge in [0.2, 0.25) is 0 Å². The van der Waals surface area contributed by atoms with Crippen LogP contribution in [0.25, 0.3) is 0 Å². The van der Waals surface area contributed by atoms with E-state index in [-0.39, 0.29) is 17.8 Å². The van der Waals surface area contributed by atoms with E-state index in [0.717, 1.165) is 16.0 Å². The number of aryl methyl sites for hydroxylation is 1. The molecule has 3 heterocycles. The molecule has 0 amide bonds. The minimum Gasteiger partial charge on any atom is -0.476 e. The Labute approximate surface area is 144 Å². The van der Waals surface area contributed by atoms with Crippen LogP contribution >= 0.6 is 11.3 Å². The molecule has 1 aliphatic rings. The average Bonchev–Trinajstić information content (AvgIpc) is 3.14. The van der Waals surface area contributed by atoms with E-state index in [2.05, 4.69) is 10.1 Å². The molecule has 0 aliphatic carbocycles. The summed E-state index contributed by atoms with van der Waals surface area (Å²) in [6.45, 7) is 1.21. The number of hydrogen-bond donors (Lipinski definition) is 1. The Morgan fingerprint density at radius 3 is 2.92 bits per heavy atom. The molecule has 11 heteroatoms. The smallest absolute Gasteiger partial charge is 0.435 e. The Bertz CT molecular complexity index is 774. The molecule has 0 spiro atoms. The van der Waals surface area contributed by atoms with Crippen LogP contribution in [0.2, 0.25) is 0 Å². The molecule has 25 heavy (non-hydrogen) atoms. The Balaban J connectivity index is 1.73. The Morgan fingerprint density at radius 2 is 2.28 bits per heavy atom. The van der Waals surface area contributed by atoms with Gasteiger partial charge in [-0.05, 0) is 0 Å². The summed E-state index contributed by atoms with van der Waals surface area (Å²) in [6, 6.07) is 0. The fourth-order valence-electron chi connectivity index (χ4n) is 2.66. The summed E-state index contributed by atoms with van der Waals surface area (Å²) in [5, 5.41) is 14.4. The van der Waals surface area contributed by atoms with Gasteiger partial charge in [0.15, 0.2) is 11.4 Å². The highest BCUT2D eigenvalue weighted by Gasteiger charge is 2.37. The van der Waals surface area contributed by atoms with Crippen molar-refractivity contribution in [2.24, 2.45) is 7.05 Å². The molecule has 3 rings (SSSR count). The van der Waals surface area contributed by atoms with Crippen LogP contribution in [0.5, 0.6) is 0 Å². The second kappa shape index (κ2) is 6.73. The molecule has 0 radical (unpaired) electrons. The van der Waals surface area contributed by atoms with Crippen molar-refractivity contribution in [3.63, 3.8) is 0 Å². The number of carboxylic acid groups (broad SMARTS) is 1. The van der Waals surface area contributed by atoms with E-state index in [1.165, 1.54) is 18.6 Å². The van der Waals surface area contributed by atoms with Gasteiger partial charge >= 0.3 is 12.1 Å². The quantitative estimate of drug-likeness (QED) is 0.881. The number of carboxylic acids is 1. The summed E-state index contributed by atoms with van der Waals surface area (Å²) in [6.07, 6.45) is -3.61. The summed E-state index contributed by atoms with van der Waals surface area (Å²) in [4.78, 5) is 16.7. The lowest BCUT2D eigenvalue weighted by atomic mass is 10.2. The third-order valence-corrected chi connectivity index (χ3v) is 4.67. The van der Waals surface area contributed by atoms with E-state index in [1.807, 2.05) is 4.90 Å². The van der Waals surface area contributed by atoms with E-state index in [0.29, 0.717) is 24.7 Å². The van der Waals surface area contributed by atoms with E-state index in [1.54, 1.807) is 0 Å². The predicted molar refractivity (Wildman–Crippen MR) is 81.3 cm³/mol. The van der Waals surface area contributed by atoms with Crippen LogP contribution in [-0.4, -0.2) is 50.4 Å². The van der Waals surface area contributed by atoms with Gasteiger partial charge in [-0.15, -0.1) is 11.3 Å². The zero-order valence-electron chi connectivity index (χ0n) is 13.2. The number of morpholine rings is 1. The molecule has 7 nitrogen and oxygen atoms in total. The van der Waals surface area contributed by atoms with Gasteiger partial charge in [-0.1, -0.05) is 0 Å². The lowest BCUT2D eigenvalue weighted by Gasteiger charge is -2.31. The van der Waals surface area contributed by atoms with Gasteiger partial charge in [-0.25, -0.2) is 9.78 Å². The molecule has 1 aliphatic heterocycles. The maximum absolute atomic E-state index is 13.1. The maximum atomic E-state index is 13.1. The number of alkyl halides is 3. The van der Waals surface area contributed by atoms with Gasteiger partial charge in [0, 0.05) is 43.8 Å². The molecule has 0 saturated carbocycles. The number of aromatic nitrogens is 3. The normalized spacial score (nSPS) is 19.3. The SMILES string of the molecule is Cn1cc(CN2CCOC(c3nc(C(=O)O)cs3)C2)c(C(F)(F)F)n1. The number of rotatable bonds is 4.